The predicted octanol–water partition coefficient (Wildman–Crippen LogP) is 4.41. The lowest BCUT2D eigenvalue weighted by molar-refractivity contribution is -0.151. The monoisotopic (exact) mass is 464 g/mol. The number of amides is 2. The summed E-state index contributed by atoms with van der Waals surface area (Å²) in [6.45, 7) is 5.98. The average Bonchev–Trinajstić information content (AvgIpc) is 3.55. The Balaban J connectivity index is 1.42. The lowest BCUT2D eigenvalue weighted by atomic mass is 9.84. The summed E-state index contributed by atoms with van der Waals surface area (Å²) in [4.78, 5) is 38.6. The number of hydrogen-bond acceptors (Lipinski definition) is 4. The van der Waals surface area contributed by atoms with E-state index in [0.29, 0.717) is 12.8 Å². The highest BCUT2D eigenvalue weighted by Gasteiger charge is 2.55. The number of aliphatic carboxylic acids is 1. The van der Waals surface area contributed by atoms with Crippen LogP contribution in [-0.4, -0.2) is 53.2 Å². The number of benzene rings is 2. The maximum atomic E-state index is 12.9. The second-order valence-corrected chi connectivity index (χ2v) is 10.4. The van der Waals surface area contributed by atoms with E-state index in [0.717, 1.165) is 22.3 Å². The Morgan fingerprint density at radius 2 is 1.59 bits per heavy atom. The number of nitrogens with one attached hydrogen (secondary N) is 1. The first-order valence-electron chi connectivity index (χ1n) is 11.7. The van der Waals surface area contributed by atoms with Crippen LogP contribution in [-0.2, 0) is 14.3 Å². The van der Waals surface area contributed by atoms with Crippen LogP contribution < -0.4 is 5.32 Å². The van der Waals surface area contributed by atoms with Gasteiger partial charge in [-0.05, 0) is 40.5 Å². The molecule has 7 nitrogen and oxygen atoms in total. The molecule has 0 radical (unpaired) electrons. The first-order valence-corrected chi connectivity index (χ1v) is 11.7. The van der Waals surface area contributed by atoms with Gasteiger partial charge in [0, 0.05) is 25.4 Å². The van der Waals surface area contributed by atoms with Crippen LogP contribution in [0.25, 0.3) is 11.1 Å². The van der Waals surface area contributed by atoms with Crippen molar-refractivity contribution in [2.24, 2.45) is 5.41 Å². The van der Waals surface area contributed by atoms with Gasteiger partial charge in [-0.2, -0.15) is 0 Å². The van der Waals surface area contributed by atoms with E-state index in [1.54, 1.807) is 0 Å². The fourth-order valence-electron chi connectivity index (χ4n) is 4.72. The molecular weight excluding hydrogens is 432 g/mol. The van der Waals surface area contributed by atoms with Gasteiger partial charge in [0.2, 0.25) is 5.91 Å². The van der Waals surface area contributed by atoms with Crippen LogP contribution in [0, 0.1) is 5.41 Å². The van der Waals surface area contributed by atoms with Gasteiger partial charge in [0.15, 0.2) is 0 Å². The summed E-state index contributed by atoms with van der Waals surface area (Å²) in [6, 6.07) is 15.7. The van der Waals surface area contributed by atoms with Crippen molar-refractivity contribution in [3.8, 4) is 11.1 Å². The van der Waals surface area contributed by atoms with Crippen LogP contribution in [0.3, 0.4) is 0 Å². The van der Waals surface area contributed by atoms with E-state index in [-0.39, 0.29) is 24.9 Å². The minimum atomic E-state index is -1.11. The number of carbonyl (C=O) groups is 3. The summed E-state index contributed by atoms with van der Waals surface area (Å²) in [5.74, 6) is -1.34. The van der Waals surface area contributed by atoms with Crippen LogP contribution in [0.5, 0.6) is 0 Å². The molecule has 34 heavy (non-hydrogen) atoms. The van der Waals surface area contributed by atoms with Gasteiger partial charge in [0.25, 0.3) is 0 Å². The minimum Gasteiger partial charge on any atom is -0.479 e. The zero-order valence-corrected chi connectivity index (χ0v) is 20.1. The van der Waals surface area contributed by atoms with Crippen molar-refractivity contribution < 1.29 is 24.2 Å². The zero-order chi connectivity index (χ0) is 24.7. The highest BCUT2D eigenvalue weighted by Crippen LogP contribution is 2.44. The van der Waals surface area contributed by atoms with Gasteiger partial charge >= 0.3 is 12.1 Å². The Bertz CT molecular complexity index is 1070. The molecule has 180 valence electrons. The third-order valence-corrected chi connectivity index (χ3v) is 7.20. The number of carboxylic acids is 1. The topological polar surface area (TPSA) is 95.9 Å². The number of nitrogens with zero attached hydrogens (tertiary/aromatic N) is 1. The molecule has 2 aliphatic rings. The summed E-state index contributed by atoms with van der Waals surface area (Å²) in [5.41, 5.74) is 3.03. The fourth-order valence-corrected chi connectivity index (χ4v) is 4.72. The van der Waals surface area contributed by atoms with Crippen molar-refractivity contribution in [2.75, 3.05) is 13.7 Å². The SMILES string of the molecule is CN(C(=O)CC(NC(=O)OCC1c2ccccc2-c2ccccc21)C(C)(C)C)C1(C(=O)O)CC1. The maximum Gasteiger partial charge on any atom is 0.407 e. The Hall–Kier alpha value is -3.35. The fraction of sp³-hybridized carbons (Fsp3) is 0.444. The molecule has 2 N–H and O–H groups in total. The van der Waals surface area contributed by atoms with Crippen molar-refractivity contribution in [2.45, 2.75) is 57.5 Å². The predicted molar refractivity (Wildman–Crippen MR) is 128 cm³/mol. The summed E-state index contributed by atoms with van der Waals surface area (Å²) in [6.07, 6.45) is 0.311. The Morgan fingerprint density at radius 3 is 2.06 bits per heavy atom. The van der Waals surface area contributed by atoms with E-state index in [2.05, 4.69) is 29.6 Å². The standard InChI is InChI=1S/C27H32N2O5/c1-26(2,3)22(15-23(30)29(4)27(13-14-27)24(31)32)28-25(33)34-16-21-19-11-7-5-9-17(19)18-10-6-8-12-20(18)21/h5-12,21-22H,13-16H2,1-4H3,(H,28,33)(H,31,32). The van der Waals surface area contributed by atoms with E-state index in [1.807, 2.05) is 45.0 Å². The molecule has 2 aromatic carbocycles. The maximum absolute atomic E-state index is 12.9. The normalized spacial score (nSPS) is 16.7. The molecule has 2 amide bonds. The van der Waals surface area contributed by atoms with Gasteiger partial charge < -0.3 is 20.1 Å². The van der Waals surface area contributed by atoms with Crippen molar-refractivity contribution in [1.82, 2.24) is 10.2 Å². The van der Waals surface area contributed by atoms with Gasteiger partial charge in [0.1, 0.15) is 12.1 Å². The highest BCUT2D eigenvalue weighted by molar-refractivity contribution is 5.90. The molecule has 1 fully saturated rings. The lowest BCUT2D eigenvalue weighted by Crippen LogP contribution is -2.50. The molecule has 0 saturated heterocycles. The Labute approximate surface area is 200 Å². The summed E-state index contributed by atoms with van der Waals surface area (Å²) in [5, 5.41) is 12.4. The number of carboxylic acid groups (broad SMARTS) is 1. The lowest BCUT2D eigenvalue weighted by Gasteiger charge is -2.33. The van der Waals surface area contributed by atoms with Gasteiger partial charge in [-0.25, -0.2) is 9.59 Å². The van der Waals surface area contributed by atoms with Crippen molar-refractivity contribution in [3.05, 3.63) is 59.7 Å². The second-order valence-electron chi connectivity index (χ2n) is 10.4. The number of rotatable bonds is 7. The smallest absolute Gasteiger partial charge is 0.407 e. The molecule has 0 bridgehead atoms. The largest absolute Gasteiger partial charge is 0.479 e. The van der Waals surface area contributed by atoms with Crippen LogP contribution in [0.2, 0.25) is 0 Å². The van der Waals surface area contributed by atoms with Crippen molar-refractivity contribution in [1.29, 1.82) is 0 Å². The molecular formula is C27H32N2O5. The molecule has 1 atom stereocenters. The molecule has 4 rings (SSSR count). The molecule has 7 heteroatoms. The molecule has 0 aliphatic heterocycles. The number of carbonyl (C=O) groups excluding carboxylic acids is 2. The third-order valence-electron chi connectivity index (χ3n) is 7.20. The summed E-state index contributed by atoms with van der Waals surface area (Å²) < 4.78 is 5.66. The van der Waals surface area contributed by atoms with Gasteiger partial charge in [-0.3, -0.25) is 4.79 Å². The van der Waals surface area contributed by atoms with E-state index in [1.165, 1.54) is 11.9 Å². The molecule has 2 aromatic rings. The molecule has 0 spiro atoms. The van der Waals surface area contributed by atoms with E-state index < -0.39 is 29.1 Å². The zero-order valence-electron chi connectivity index (χ0n) is 20.1. The van der Waals surface area contributed by atoms with Crippen LogP contribution in [0.1, 0.15) is 57.1 Å². The van der Waals surface area contributed by atoms with E-state index in [9.17, 15) is 19.5 Å². The number of fused-ring (bicyclic) bond motifs is 3. The first-order chi connectivity index (χ1) is 16.0. The second kappa shape index (κ2) is 8.78. The van der Waals surface area contributed by atoms with Crippen LogP contribution in [0.15, 0.2) is 48.5 Å². The van der Waals surface area contributed by atoms with Crippen LogP contribution in [0.4, 0.5) is 4.79 Å². The number of ether oxygens (including phenoxy) is 1. The number of likely N-dealkylation sites (N-methyl/N-ethyl adjacent to an activating group) is 1. The van der Waals surface area contributed by atoms with Gasteiger partial charge in [0.05, 0.1) is 0 Å². The average molecular weight is 465 g/mol. The number of hydrogen-bond donors (Lipinski definition) is 2. The van der Waals surface area contributed by atoms with Gasteiger partial charge in [-0.1, -0.05) is 69.3 Å². The molecule has 1 saturated carbocycles. The third kappa shape index (κ3) is 4.39. The highest BCUT2D eigenvalue weighted by atomic mass is 16.5. The molecule has 2 aliphatic carbocycles. The first kappa shape index (κ1) is 23.8. The molecule has 0 aromatic heterocycles. The summed E-state index contributed by atoms with van der Waals surface area (Å²) >= 11 is 0. The van der Waals surface area contributed by atoms with Gasteiger partial charge in [-0.15, -0.1) is 0 Å². The van der Waals surface area contributed by atoms with Crippen molar-refractivity contribution in [3.63, 3.8) is 0 Å². The minimum absolute atomic E-state index is 0.000768. The Kier molecular flexibility index (Phi) is 6.14. The molecule has 0 heterocycles. The quantitative estimate of drug-likeness (QED) is 0.633. The van der Waals surface area contributed by atoms with Crippen molar-refractivity contribution >= 4 is 18.0 Å². The van der Waals surface area contributed by atoms with E-state index >= 15 is 0 Å². The van der Waals surface area contributed by atoms with E-state index in [4.69, 9.17) is 4.74 Å². The Morgan fingerprint density at radius 1 is 1.06 bits per heavy atom. The van der Waals surface area contributed by atoms with Crippen LogP contribution >= 0.6 is 0 Å². The summed E-state index contributed by atoms with van der Waals surface area (Å²) in [7, 11) is 1.52. The molecule has 1 unspecified atom stereocenters. The number of alkyl carbamates (subject to hydrolysis) is 1.